The highest BCUT2D eigenvalue weighted by Gasteiger charge is 2.23. The number of ether oxygens (including phenoxy) is 1. The van der Waals surface area contributed by atoms with Crippen molar-refractivity contribution in [3.8, 4) is 39.7 Å². The van der Waals surface area contributed by atoms with Gasteiger partial charge in [-0.1, -0.05) is 61.2 Å². The van der Waals surface area contributed by atoms with E-state index in [1.807, 2.05) is 72.8 Å². The van der Waals surface area contributed by atoms with Crippen molar-refractivity contribution in [1.29, 1.82) is 0 Å². The van der Waals surface area contributed by atoms with Crippen LogP contribution in [0.4, 0.5) is 0 Å². The smallest absolute Gasteiger partial charge is 0.335 e. The van der Waals surface area contributed by atoms with Crippen LogP contribution in [-0.4, -0.2) is 41.3 Å². The molecule has 10 heteroatoms. The molecule has 1 saturated carbocycles. The molecule has 0 saturated heterocycles. The van der Waals surface area contributed by atoms with Gasteiger partial charge in [0.1, 0.15) is 18.2 Å². The van der Waals surface area contributed by atoms with Gasteiger partial charge in [0, 0.05) is 22.2 Å². The zero-order chi connectivity index (χ0) is 30.0. The van der Waals surface area contributed by atoms with Crippen molar-refractivity contribution in [2.24, 2.45) is 0 Å². The molecule has 0 spiro atoms. The topological polar surface area (TPSA) is 119 Å². The third-order valence-corrected chi connectivity index (χ3v) is 8.48. The summed E-state index contributed by atoms with van der Waals surface area (Å²) >= 11 is 6.38. The number of fused-ring (bicyclic) bond motifs is 1. The molecule has 1 aliphatic carbocycles. The number of aromatic amines is 1. The summed E-state index contributed by atoms with van der Waals surface area (Å²) in [7, 11) is 0. The van der Waals surface area contributed by atoms with Gasteiger partial charge in [0.15, 0.2) is 0 Å². The maximum absolute atomic E-state index is 11.6. The lowest BCUT2D eigenvalue weighted by Crippen LogP contribution is -2.14. The summed E-state index contributed by atoms with van der Waals surface area (Å²) in [6.45, 7) is 0.334. The highest BCUT2D eigenvalue weighted by Crippen LogP contribution is 2.37. The Labute approximate surface area is 258 Å². The standard InChI is InChI=1S/C34H29ClN6O3/c35-26-13-16-29(21-6-8-22(9-7-21)32-37-39-40-38-32)25(18-26)20-44-28-14-10-23(11-15-28)33-36-30-19-24(34(42)43)12-17-31(30)41(33)27-4-2-1-3-5-27/h6-19,27H,1-5,20H2,(H,42,43)(H,37,38,39,40). The maximum Gasteiger partial charge on any atom is 0.335 e. The number of imidazole rings is 1. The Kier molecular flexibility index (Phi) is 7.54. The number of carboxylic acids is 1. The van der Waals surface area contributed by atoms with Crippen LogP contribution >= 0.6 is 11.6 Å². The first-order chi connectivity index (χ1) is 21.5. The van der Waals surface area contributed by atoms with Crippen LogP contribution in [0.5, 0.6) is 5.75 Å². The van der Waals surface area contributed by atoms with Crippen LogP contribution in [0.2, 0.25) is 5.02 Å². The number of H-pyrrole nitrogens is 1. The number of hydrogen-bond donors (Lipinski definition) is 2. The van der Waals surface area contributed by atoms with Gasteiger partial charge >= 0.3 is 5.97 Å². The lowest BCUT2D eigenvalue weighted by atomic mass is 9.95. The summed E-state index contributed by atoms with van der Waals surface area (Å²) < 4.78 is 8.55. The molecule has 0 bridgehead atoms. The normalized spacial score (nSPS) is 13.8. The van der Waals surface area contributed by atoms with Gasteiger partial charge in [-0.2, -0.15) is 5.21 Å². The van der Waals surface area contributed by atoms with Crippen molar-refractivity contribution in [3.63, 3.8) is 0 Å². The van der Waals surface area contributed by atoms with Crippen LogP contribution < -0.4 is 4.74 Å². The SMILES string of the molecule is O=C(O)c1ccc2c(c1)nc(-c1ccc(OCc3cc(Cl)ccc3-c3ccc(-c4nn[nH]n4)cc3)cc1)n2C1CCCCC1. The maximum atomic E-state index is 11.6. The summed E-state index contributed by atoms with van der Waals surface area (Å²) in [6.07, 6.45) is 5.77. The molecule has 1 aliphatic rings. The number of hydrogen-bond acceptors (Lipinski definition) is 6. The molecule has 0 atom stereocenters. The molecule has 0 aliphatic heterocycles. The van der Waals surface area contributed by atoms with Crippen molar-refractivity contribution in [2.75, 3.05) is 0 Å². The number of halogens is 1. The van der Waals surface area contributed by atoms with E-state index in [9.17, 15) is 9.90 Å². The van der Waals surface area contributed by atoms with Crippen LogP contribution in [0, 0.1) is 0 Å². The Morgan fingerprint density at radius 3 is 2.39 bits per heavy atom. The fourth-order valence-corrected chi connectivity index (χ4v) is 6.25. The Hall–Kier alpha value is -5.02. The second kappa shape index (κ2) is 11.9. The first kappa shape index (κ1) is 27.8. The Bertz CT molecular complexity index is 1930. The van der Waals surface area contributed by atoms with Crippen LogP contribution in [0.25, 0.3) is 44.9 Å². The van der Waals surface area contributed by atoms with Gasteiger partial charge in [-0.05, 0) is 89.3 Å². The average Bonchev–Trinajstić information content (AvgIpc) is 3.73. The average molecular weight is 605 g/mol. The van der Waals surface area contributed by atoms with Gasteiger partial charge in [0.25, 0.3) is 0 Å². The molecular weight excluding hydrogens is 576 g/mol. The zero-order valence-corrected chi connectivity index (χ0v) is 24.5. The van der Waals surface area contributed by atoms with E-state index >= 15 is 0 Å². The van der Waals surface area contributed by atoms with Gasteiger partial charge < -0.3 is 14.4 Å². The van der Waals surface area contributed by atoms with Gasteiger partial charge in [-0.15, -0.1) is 10.2 Å². The van der Waals surface area contributed by atoms with Crippen molar-refractivity contribution in [1.82, 2.24) is 30.2 Å². The molecule has 0 radical (unpaired) electrons. The Balaban J connectivity index is 1.14. The number of tetrazole rings is 1. The summed E-state index contributed by atoms with van der Waals surface area (Å²) in [5, 5.41) is 24.4. The number of nitrogens with zero attached hydrogens (tertiary/aromatic N) is 5. The fourth-order valence-electron chi connectivity index (χ4n) is 6.05. The number of rotatable bonds is 8. The summed E-state index contributed by atoms with van der Waals surface area (Å²) in [5.41, 5.74) is 6.74. The molecule has 2 N–H and O–H groups in total. The molecule has 7 rings (SSSR count). The zero-order valence-electron chi connectivity index (χ0n) is 23.8. The highest BCUT2D eigenvalue weighted by atomic mass is 35.5. The lowest BCUT2D eigenvalue weighted by molar-refractivity contribution is 0.0697. The van der Waals surface area contributed by atoms with E-state index in [1.165, 1.54) is 19.3 Å². The van der Waals surface area contributed by atoms with Gasteiger partial charge in [-0.3, -0.25) is 0 Å². The summed E-state index contributed by atoms with van der Waals surface area (Å²) in [5.74, 6) is 1.16. The third-order valence-electron chi connectivity index (χ3n) is 8.25. The lowest BCUT2D eigenvalue weighted by Gasteiger charge is -2.25. The van der Waals surface area contributed by atoms with E-state index in [0.29, 0.717) is 29.0 Å². The molecule has 44 heavy (non-hydrogen) atoms. The number of aromatic carboxylic acids is 1. The van der Waals surface area contributed by atoms with Crippen molar-refractivity contribution in [2.45, 2.75) is 44.8 Å². The molecule has 4 aromatic carbocycles. The summed E-state index contributed by atoms with van der Waals surface area (Å²) in [6, 6.07) is 27.2. The molecular formula is C34H29ClN6O3. The molecule has 1 fully saturated rings. The molecule has 0 amide bonds. The predicted octanol–water partition coefficient (Wildman–Crippen LogP) is 7.99. The number of carboxylic acid groups (broad SMARTS) is 1. The van der Waals surface area contributed by atoms with E-state index in [0.717, 1.165) is 57.7 Å². The molecule has 2 aromatic heterocycles. The fraction of sp³-hybridized carbons (Fsp3) is 0.206. The van der Waals surface area contributed by atoms with E-state index in [4.69, 9.17) is 21.3 Å². The minimum Gasteiger partial charge on any atom is -0.489 e. The van der Waals surface area contributed by atoms with Crippen molar-refractivity contribution >= 4 is 28.6 Å². The predicted molar refractivity (Wildman–Crippen MR) is 169 cm³/mol. The van der Waals surface area contributed by atoms with Crippen LogP contribution in [-0.2, 0) is 6.61 Å². The first-order valence-electron chi connectivity index (χ1n) is 14.6. The van der Waals surface area contributed by atoms with Gasteiger partial charge in [0.05, 0.1) is 16.6 Å². The molecule has 2 heterocycles. The number of nitrogens with one attached hydrogen (secondary N) is 1. The Morgan fingerprint density at radius 1 is 0.909 bits per heavy atom. The molecule has 220 valence electrons. The van der Waals surface area contributed by atoms with Crippen LogP contribution in [0.15, 0.2) is 84.9 Å². The Morgan fingerprint density at radius 2 is 1.66 bits per heavy atom. The number of aromatic nitrogens is 6. The van der Waals surface area contributed by atoms with Crippen molar-refractivity contribution in [3.05, 3.63) is 101 Å². The number of benzene rings is 4. The quantitative estimate of drug-likeness (QED) is 0.181. The van der Waals surface area contributed by atoms with E-state index < -0.39 is 5.97 Å². The minimum absolute atomic E-state index is 0.240. The highest BCUT2D eigenvalue weighted by molar-refractivity contribution is 6.30. The van der Waals surface area contributed by atoms with E-state index in [-0.39, 0.29) is 5.56 Å². The third kappa shape index (κ3) is 5.54. The largest absolute Gasteiger partial charge is 0.489 e. The van der Waals surface area contributed by atoms with Crippen molar-refractivity contribution < 1.29 is 14.6 Å². The first-order valence-corrected chi connectivity index (χ1v) is 15.0. The van der Waals surface area contributed by atoms with Crippen LogP contribution in [0.1, 0.15) is 54.1 Å². The van der Waals surface area contributed by atoms with Gasteiger partial charge in [0.2, 0.25) is 5.82 Å². The molecule has 0 unspecified atom stereocenters. The molecule has 9 nitrogen and oxygen atoms in total. The van der Waals surface area contributed by atoms with Gasteiger partial charge in [-0.25, -0.2) is 9.78 Å². The monoisotopic (exact) mass is 604 g/mol. The minimum atomic E-state index is -0.953. The second-order valence-electron chi connectivity index (χ2n) is 11.0. The van der Waals surface area contributed by atoms with E-state index in [1.54, 1.807) is 12.1 Å². The number of carbonyl (C=O) groups is 1. The van der Waals surface area contributed by atoms with Crippen LogP contribution in [0.3, 0.4) is 0 Å². The molecule has 6 aromatic rings. The van der Waals surface area contributed by atoms with E-state index in [2.05, 4.69) is 25.2 Å². The summed E-state index contributed by atoms with van der Waals surface area (Å²) in [4.78, 5) is 16.6. The second-order valence-corrected chi connectivity index (χ2v) is 11.5.